The van der Waals surface area contributed by atoms with Gasteiger partial charge in [-0.1, -0.05) is 13.8 Å². The molecule has 0 saturated carbocycles. The first-order valence-corrected chi connectivity index (χ1v) is 8.93. The third-order valence-electron chi connectivity index (χ3n) is 4.37. The van der Waals surface area contributed by atoms with Crippen LogP contribution in [-0.2, 0) is 9.53 Å². The van der Waals surface area contributed by atoms with Gasteiger partial charge in [0.2, 0.25) is 0 Å². The van der Waals surface area contributed by atoms with E-state index in [1.54, 1.807) is 16.9 Å². The molecule has 1 aliphatic rings. The summed E-state index contributed by atoms with van der Waals surface area (Å²) in [7, 11) is 0. The van der Waals surface area contributed by atoms with E-state index in [1.807, 2.05) is 27.7 Å². The summed E-state index contributed by atoms with van der Waals surface area (Å²) < 4.78 is 6.94. The molecular formula is C18H23N5O4. The molecule has 1 aliphatic heterocycles. The average Bonchev–Trinajstić information content (AvgIpc) is 3.24. The Bertz CT molecular complexity index is 903. The fourth-order valence-corrected chi connectivity index (χ4v) is 2.87. The van der Waals surface area contributed by atoms with Gasteiger partial charge < -0.3 is 10.1 Å². The standard InChI is InChI=1S/C18H23N5O4/c1-10(2)14-7-12(13-8-20-23(11(3)4)16(13)21-14)17(25)27-9-15(24)22-6-5-19-18(22)26/h7-8,10-11H,5-6,9H2,1-4H3,(H,19,26). The lowest BCUT2D eigenvalue weighted by molar-refractivity contribution is -0.130. The molecule has 27 heavy (non-hydrogen) atoms. The summed E-state index contributed by atoms with van der Waals surface area (Å²) >= 11 is 0. The predicted molar refractivity (Wildman–Crippen MR) is 97.4 cm³/mol. The molecule has 0 bridgehead atoms. The van der Waals surface area contributed by atoms with E-state index < -0.39 is 24.5 Å². The molecule has 1 saturated heterocycles. The third kappa shape index (κ3) is 3.62. The van der Waals surface area contributed by atoms with Gasteiger partial charge in [-0.05, 0) is 25.8 Å². The van der Waals surface area contributed by atoms with Crippen LogP contribution in [0.3, 0.4) is 0 Å². The SMILES string of the molecule is CC(C)c1cc(C(=O)OCC(=O)N2CCNC2=O)c2cnn(C(C)C)c2n1. The van der Waals surface area contributed by atoms with Crippen molar-refractivity contribution >= 4 is 28.9 Å². The molecule has 1 fully saturated rings. The zero-order valence-corrected chi connectivity index (χ0v) is 15.9. The largest absolute Gasteiger partial charge is 0.452 e. The lowest BCUT2D eigenvalue weighted by atomic mass is 10.1. The van der Waals surface area contributed by atoms with Crippen molar-refractivity contribution in [2.45, 2.75) is 39.7 Å². The van der Waals surface area contributed by atoms with Gasteiger partial charge in [-0.15, -0.1) is 0 Å². The van der Waals surface area contributed by atoms with Gasteiger partial charge >= 0.3 is 12.0 Å². The van der Waals surface area contributed by atoms with E-state index in [0.29, 0.717) is 23.1 Å². The Morgan fingerprint density at radius 1 is 1.30 bits per heavy atom. The number of ether oxygens (including phenoxy) is 1. The van der Waals surface area contributed by atoms with Crippen molar-refractivity contribution in [1.82, 2.24) is 25.0 Å². The average molecular weight is 373 g/mol. The van der Waals surface area contributed by atoms with E-state index in [-0.39, 0.29) is 18.5 Å². The van der Waals surface area contributed by atoms with Crippen molar-refractivity contribution in [3.63, 3.8) is 0 Å². The molecule has 2 aromatic rings. The number of aromatic nitrogens is 3. The maximum absolute atomic E-state index is 12.7. The first-order valence-electron chi connectivity index (χ1n) is 8.93. The second kappa shape index (κ2) is 7.34. The number of urea groups is 1. The number of amides is 3. The van der Waals surface area contributed by atoms with Gasteiger partial charge in [-0.2, -0.15) is 5.10 Å². The minimum Gasteiger partial charge on any atom is -0.452 e. The molecular weight excluding hydrogens is 350 g/mol. The van der Waals surface area contributed by atoms with Gasteiger partial charge in [0.15, 0.2) is 12.3 Å². The first-order chi connectivity index (χ1) is 12.8. The summed E-state index contributed by atoms with van der Waals surface area (Å²) in [6, 6.07) is 1.29. The van der Waals surface area contributed by atoms with Crippen LogP contribution in [0.5, 0.6) is 0 Å². The Labute approximate surface area is 156 Å². The van der Waals surface area contributed by atoms with Crippen LogP contribution in [0.4, 0.5) is 4.79 Å². The van der Waals surface area contributed by atoms with Crippen molar-refractivity contribution in [2.24, 2.45) is 0 Å². The Balaban J connectivity index is 1.87. The number of fused-ring (bicyclic) bond motifs is 1. The van der Waals surface area contributed by atoms with Crippen LogP contribution in [0.15, 0.2) is 12.3 Å². The van der Waals surface area contributed by atoms with Gasteiger partial charge in [0, 0.05) is 24.8 Å². The van der Waals surface area contributed by atoms with Crippen LogP contribution >= 0.6 is 0 Å². The fraction of sp³-hybridized carbons (Fsp3) is 0.500. The van der Waals surface area contributed by atoms with E-state index in [1.165, 1.54) is 0 Å². The van der Waals surface area contributed by atoms with Crippen molar-refractivity contribution in [2.75, 3.05) is 19.7 Å². The van der Waals surface area contributed by atoms with Crippen LogP contribution in [0.25, 0.3) is 11.0 Å². The molecule has 0 aromatic carbocycles. The van der Waals surface area contributed by atoms with E-state index in [0.717, 1.165) is 10.6 Å². The lowest BCUT2D eigenvalue weighted by Gasteiger charge is -2.14. The first kappa shape index (κ1) is 18.8. The summed E-state index contributed by atoms with van der Waals surface area (Å²) in [5.74, 6) is -1.09. The highest BCUT2D eigenvalue weighted by molar-refractivity contribution is 6.04. The van der Waals surface area contributed by atoms with Gasteiger partial charge in [-0.3, -0.25) is 9.69 Å². The number of hydrogen-bond donors (Lipinski definition) is 1. The molecule has 0 atom stereocenters. The molecule has 0 aliphatic carbocycles. The highest BCUT2D eigenvalue weighted by Crippen LogP contribution is 2.25. The molecule has 0 unspecified atom stereocenters. The highest BCUT2D eigenvalue weighted by Gasteiger charge is 2.27. The van der Waals surface area contributed by atoms with Crippen LogP contribution in [0.1, 0.15) is 55.7 Å². The number of imide groups is 1. The number of carbonyl (C=O) groups is 3. The smallest absolute Gasteiger partial charge is 0.339 e. The maximum Gasteiger partial charge on any atom is 0.339 e. The van der Waals surface area contributed by atoms with Gasteiger partial charge in [-0.25, -0.2) is 19.3 Å². The topological polar surface area (TPSA) is 106 Å². The maximum atomic E-state index is 12.7. The van der Waals surface area contributed by atoms with Crippen LogP contribution < -0.4 is 5.32 Å². The number of carbonyl (C=O) groups excluding carboxylic acids is 3. The monoisotopic (exact) mass is 373 g/mol. The van der Waals surface area contributed by atoms with Gasteiger partial charge in [0.25, 0.3) is 5.91 Å². The molecule has 2 aromatic heterocycles. The zero-order valence-electron chi connectivity index (χ0n) is 15.9. The highest BCUT2D eigenvalue weighted by atomic mass is 16.5. The second-order valence-corrected chi connectivity index (χ2v) is 7.02. The number of nitrogens with zero attached hydrogens (tertiary/aromatic N) is 4. The van der Waals surface area contributed by atoms with Crippen LogP contribution in [-0.4, -0.2) is 57.3 Å². The molecule has 3 rings (SSSR count). The Morgan fingerprint density at radius 3 is 2.63 bits per heavy atom. The number of rotatable bonds is 5. The van der Waals surface area contributed by atoms with E-state index in [2.05, 4.69) is 15.4 Å². The molecule has 9 heteroatoms. The number of hydrogen-bond acceptors (Lipinski definition) is 6. The van der Waals surface area contributed by atoms with Crippen LogP contribution in [0.2, 0.25) is 0 Å². The zero-order chi connectivity index (χ0) is 19.7. The molecule has 0 spiro atoms. The Morgan fingerprint density at radius 2 is 2.04 bits per heavy atom. The molecule has 3 heterocycles. The number of nitrogens with one attached hydrogen (secondary N) is 1. The van der Waals surface area contributed by atoms with E-state index in [4.69, 9.17) is 4.74 Å². The lowest BCUT2D eigenvalue weighted by Crippen LogP contribution is -2.37. The quantitative estimate of drug-likeness (QED) is 0.802. The van der Waals surface area contributed by atoms with Gasteiger partial charge in [0.1, 0.15) is 0 Å². The molecule has 9 nitrogen and oxygen atoms in total. The minimum absolute atomic E-state index is 0.0801. The summed E-state index contributed by atoms with van der Waals surface area (Å²) in [5, 5.41) is 7.43. The van der Waals surface area contributed by atoms with Gasteiger partial charge in [0.05, 0.1) is 17.1 Å². The van der Waals surface area contributed by atoms with E-state index >= 15 is 0 Å². The van der Waals surface area contributed by atoms with Crippen molar-refractivity contribution < 1.29 is 19.1 Å². The third-order valence-corrected chi connectivity index (χ3v) is 4.37. The Kier molecular flexibility index (Phi) is 5.11. The second-order valence-electron chi connectivity index (χ2n) is 7.02. The predicted octanol–water partition coefficient (Wildman–Crippen LogP) is 1.84. The summed E-state index contributed by atoms with van der Waals surface area (Å²) in [6.07, 6.45) is 1.58. The number of esters is 1. The molecule has 3 amide bonds. The minimum atomic E-state index is -0.638. The normalized spacial score (nSPS) is 14.3. The van der Waals surface area contributed by atoms with Crippen molar-refractivity contribution in [3.8, 4) is 0 Å². The summed E-state index contributed by atoms with van der Waals surface area (Å²) in [4.78, 5) is 41.9. The number of pyridine rings is 1. The Hall–Kier alpha value is -2.97. The van der Waals surface area contributed by atoms with E-state index in [9.17, 15) is 14.4 Å². The molecule has 144 valence electrons. The van der Waals surface area contributed by atoms with Crippen molar-refractivity contribution in [3.05, 3.63) is 23.5 Å². The molecule has 1 N–H and O–H groups in total. The van der Waals surface area contributed by atoms with Crippen molar-refractivity contribution in [1.29, 1.82) is 0 Å². The molecule has 0 radical (unpaired) electrons. The van der Waals surface area contributed by atoms with Crippen LogP contribution in [0, 0.1) is 0 Å². The summed E-state index contributed by atoms with van der Waals surface area (Å²) in [5.41, 5.74) is 1.66. The summed E-state index contributed by atoms with van der Waals surface area (Å²) in [6.45, 7) is 8.10. The fourth-order valence-electron chi connectivity index (χ4n) is 2.87.